The summed E-state index contributed by atoms with van der Waals surface area (Å²) in [5.41, 5.74) is 1.58. The molecule has 0 aliphatic rings. The van der Waals surface area contributed by atoms with Gasteiger partial charge in [-0.15, -0.1) is 0 Å². The highest BCUT2D eigenvalue weighted by Crippen LogP contribution is 2.22. The number of aliphatic carboxylic acids is 1. The van der Waals surface area contributed by atoms with Crippen molar-refractivity contribution in [2.75, 3.05) is 0 Å². The number of carboxylic acids is 1. The van der Waals surface area contributed by atoms with E-state index in [-0.39, 0.29) is 0 Å². The molecule has 86 valence electrons. The molecule has 1 aromatic heterocycles. The fourth-order valence-electron chi connectivity index (χ4n) is 1.50. The Balaban J connectivity index is 2.37. The zero-order valence-corrected chi connectivity index (χ0v) is 9.36. The monoisotopic (exact) mass is 249 g/mol. The lowest BCUT2D eigenvalue weighted by atomic mass is 10.1. The first-order valence-electron chi connectivity index (χ1n) is 4.80. The van der Waals surface area contributed by atoms with E-state index in [1.165, 1.54) is 6.08 Å². The number of aromatic amines is 1. The molecule has 2 aromatic rings. The molecule has 1 aromatic carbocycles. The summed E-state index contributed by atoms with van der Waals surface area (Å²) in [5, 5.41) is 9.92. The van der Waals surface area contributed by atoms with Gasteiger partial charge < -0.3 is 10.1 Å². The van der Waals surface area contributed by atoms with Crippen molar-refractivity contribution in [2.24, 2.45) is 0 Å². The van der Waals surface area contributed by atoms with Crippen LogP contribution in [0, 0.1) is 0 Å². The van der Waals surface area contributed by atoms with E-state index in [1.807, 2.05) is 0 Å². The van der Waals surface area contributed by atoms with Gasteiger partial charge in [0.15, 0.2) is 0 Å². The van der Waals surface area contributed by atoms with Crippen molar-refractivity contribution in [2.45, 2.75) is 0 Å². The van der Waals surface area contributed by atoms with E-state index in [0.29, 0.717) is 5.02 Å². The average molecular weight is 250 g/mol. The molecule has 1 heterocycles. The first-order chi connectivity index (χ1) is 8.08. The van der Waals surface area contributed by atoms with Gasteiger partial charge in [0, 0.05) is 22.1 Å². The lowest BCUT2D eigenvalue weighted by molar-refractivity contribution is -0.146. The predicted octanol–water partition coefficient (Wildman–Crippen LogP) is 2.49. The van der Waals surface area contributed by atoms with Crippen molar-refractivity contribution in [3.63, 3.8) is 0 Å². The second-order valence-corrected chi connectivity index (χ2v) is 3.87. The molecule has 0 fully saturated rings. The number of halogens is 1. The van der Waals surface area contributed by atoms with Crippen LogP contribution in [0.5, 0.6) is 0 Å². The molecule has 0 saturated carbocycles. The Morgan fingerprint density at radius 2 is 2.12 bits per heavy atom. The second kappa shape index (κ2) is 4.43. The maximum Gasteiger partial charge on any atom is 0.376 e. The van der Waals surface area contributed by atoms with Crippen molar-refractivity contribution in [3.05, 3.63) is 41.1 Å². The molecular formula is C12H8ClNO3. The number of ketones is 1. The summed E-state index contributed by atoms with van der Waals surface area (Å²) >= 11 is 5.83. The summed E-state index contributed by atoms with van der Waals surface area (Å²) in [5.74, 6) is -2.42. The molecule has 0 radical (unpaired) electrons. The van der Waals surface area contributed by atoms with Crippen LogP contribution in [-0.2, 0) is 9.59 Å². The number of H-pyrrole nitrogens is 1. The van der Waals surface area contributed by atoms with E-state index in [9.17, 15) is 9.59 Å². The van der Waals surface area contributed by atoms with E-state index >= 15 is 0 Å². The second-order valence-electron chi connectivity index (χ2n) is 3.44. The van der Waals surface area contributed by atoms with Gasteiger partial charge in [-0.3, -0.25) is 4.79 Å². The number of hydrogen-bond acceptors (Lipinski definition) is 2. The largest absolute Gasteiger partial charge is 0.475 e. The fourth-order valence-corrected chi connectivity index (χ4v) is 1.67. The molecule has 2 rings (SSSR count). The summed E-state index contributed by atoms with van der Waals surface area (Å²) < 4.78 is 0. The normalized spacial score (nSPS) is 11.1. The zero-order chi connectivity index (χ0) is 12.4. The van der Waals surface area contributed by atoms with Crippen LogP contribution in [0.15, 0.2) is 30.5 Å². The predicted molar refractivity (Wildman–Crippen MR) is 65.0 cm³/mol. The van der Waals surface area contributed by atoms with Gasteiger partial charge in [0.1, 0.15) is 0 Å². The maximum atomic E-state index is 10.9. The lowest BCUT2D eigenvalue weighted by Gasteiger charge is -1.92. The van der Waals surface area contributed by atoms with Crippen LogP contribution in [0.1, 0.15) is 5.56 Å². The van der Waals surface area contributed by atoms with Gasteiger partial charge in [-0.25, -0.2) is 4.79 Å². The summed E-state index contributed by atoms with van der Waals surface area (Å²) in [6, 6.07) is 5.29. The maximum absolute atomic E-state index is 10.9. The zero-order valence-electron chi connectivity index (χ0n) is 8.61. The van der Waals surface area contributed by atoms with Crippen molar-refractivity contribution >= 4 is 40.3 Å². The third-order valence-corrected chi connectivity index (χ3v) is 2.54. The molecular weight excluding hydrogens is 242 g/mol. The number of nitrogens with one attached hydrogen (secondary N) is 1. The third kappa shape index (κ3) is 2.37. The molecule has 17 heavy (non-hydrogen) atoms. The number of carboxylic acid groups (broad SMARTS) is 1. The molecule has 0 bridgehead atoms. The highest BCUT2D eigenvalue weighted by molar-refractivity contribution is 6.38. The number of rotatable bonds is 3. The van der Waals surface area contributed by atoms with Crippen LogP contribution >= 0.6 is 11.6 Å². The van der Waals surface area contributed by atoms with Crippen LogP contribution in [0.25, 0.3) is 17.0 Å². The molecule has 0 aliphatic heterocycles. The smallest absolute Gasteiger partial charge is 0.376 e. The Morgan fingerprint density at radius 3 is 2.82 bits per heavy atom. The van der Waals surface area contributed by atoms with Crippen molar-refractivity contribution in [1.29, 1.82) is 0 Å². The molecule has 0 amide bonds. The number of carbonyl (C=O) groups excluding carboxylic acids is 1. The van der Waals surface area contributed by atoms with Crippen molar-refractivity contribution < 1.29 is 14.7 Å². The average Bonchev–Trinajstić information content (AvgIpc) is 2.67. The van der Waals surface area contributed by atoms with E-state index in [1.54, 1.807) is 24.4 Å². The van der Waals surface area contributed by atoms with E-state index in [4.69, 9.17) is 16.7 Å². The minimum absolute atomic E-state index is 0.608. The van der Waals surface area contributed by atoms with Gasteiger partial charge >= 0.3 is 5.97 Å². The standard InChI is InChI=1S/C12H8ClNO3/c13-8-2-3-9-7(6-14-10(9)5-8)1-4-11(15)12(16)17/h1-6,14H,(H,16,17)/b4-1+. The first-order valence-corrected chi connectivity index (χ1v) is 5.17. The number of aromatic nitrogens is 1. The molecule has 0 saturated heterocycles. The van der Waals surface area contributed by atoms with Crippen LogP contribution < -0.4 is 0 Å². The fraction of sp³-hybridized carbons (Fsp3) is 0. The van der Waals surface area contributed by atoms with Gasteiger partial charge in [-0.1, -0.05) is 17.7 Å². The Kier molecular flexibility index (Phi) is 2.97. The Bertz CT molecular complexity index is 628. The summed E-state index contributed by atoms with van der Waals surface area (Å²) in [4.78, 5) is 24.2. The summed E-state index contributed by atoms with van der Waals surface area (Å²) in [6.07, 6.45) is 4.18. The van der Waals surface area contributed by atoms with Crippen LogP contribution in [0.2, 0.25) is 5.02 Å². The van der Waals surface area contributed by atoms with Gasteiger partial charge in [-0.05, 0) is 29.8 Å². The molecule has 0 spiro atoms. The molecule has 4 nitrogen and oxygen atoms in total. The van der Waals surface area contributed by atoms with Crippen LogP contribution in [-0.4, -0.2) is 21.8 Å². The lowest BCUT2D eigenvalue weighted by Crippen LogP contribution is -2.08. The Morgan fingerprint density at radius 1 is 1.35 bits per heavy atom. The van der Waals surface area contributed by atoms with E-state index in [0.717, 1.165) is 22.5 Å². The third-order valence-electron chi connectivity index (χ3n) is 2.30. The van der Waals surface area contributed by atoms with Crippen LogP contribution in [0.4, 0.5) is 0 Å². The number of hydrogen-bond donors (Lipinski definition) is 2. The van der Waals surface area contributed by atoms with Gasteiger partial charge in [0.05, 0.1) is 0 Å². The van der Waals surface area contributed by atoms with E-state index < -0.39 is 11.8 Å². The topological polar surface area (TPSA) is 70.2 Å². The van der Waals surface area contributed by atoms with Gasteiger partial charge in [-0.2, -0.15) is 0 Å². The summed E-state index contributed by atoms with van der Waals surface area (Å²) in [7, 11) is 0. The van der Waals surface area contributed by atoms with Crippen molar-refractivity contribution in [1.82, 2.24) is 4.98 Å². The summed E-state index contributed by atoms with van der Waals surface area (Å²) in [6.45, 7) is 0. The molecule has 0 aliphatic carbocycles. The number of fused-ring (bicyclic) bond motifs is 1. The highest BCUT2D eigenvalue weighted by Gasteiger charge is 2.07. The highest BCUT2D eigenvalue weighted by atomic mass is 35.5. The van der Waals surface area contributed by atoms with Crippen LogP contribution in [0.3, 0.4) is 0 Å². The molecule has 0 atom stereocenters. The molecule has 0 unspecified atom stereocenters. The number of carbonyl (C=O) groups is 2. The Labute approximate surface area is 102 Å². The van der Waals surface area contributed by atoms with E-state index in [2.05, 4.69) is 4.98 Å². The minimum Gasteiger partial charge on any atom is -0.475 e. The number of benzene rings is 1. The molecule has 5 heteroatoms. The van der Waals surface area contributed by atoms with Gasteiger partial charge in [0.2, 0.25) is 0 Å². The SMILES string of the molecule is O=C(O)C(=O)/C=C/c1c[nH]c2cc(Cl)ccc12. The minimum atomic E-state index is -1.47. The first kappa shape index (κ1) is 11.4. The van der Waals surface area contributed by atoms with Crippen molar-refractivity contribution in [3.8, 4) is 0 Å². The molecule has 2 N–H and O–H groups in total. The quantitative estimate of drug-likeness (QED) is 0.649. The Hall–Kier alpha value is -2.07. The van der Waals surface area contributed by atoms with Gasteiger partial charge in [0.25, 0.3) is 5.78 Å².